The molecule has 2 N–H and O–H groups in total. The molecule has 0 atom stereocenters. The van der Waals surface area contributed by atoms with E-state index in [-0.39, 0.29) is 16.4 Å². The normalized spacial score (nSPS) is 10.1. The summed E-state index contributed by atoms with van der Waals surface area (Å²) in [6.45, 7) is 2.57. The maximum absolute atomic E-state index is 12.0. The van der Waals surface area contributed by atoms with Crippen LogP contribution in [0.3, 0.4) is 0 Å². The van der Waals surface area contributed by atoms with Crippen molar-refractivity contribution < 1.29 is 9.72 Å². The average molecular weight is 308 g/mol. The highest BCUT2D eigenvalue weighted by Gasteiger charge is 2.18. The predicted molar refractivity (Wildman–Crippen MR) is 77.5 cm³/mol. The molecule has 0 bridgehead atoms. The van der Waals surface area contributed by atoms with Crippen molar-refractivity contribution in [1.29, 1.82) is 0 Å². The van der Waals surface area contributed by atoms with Gasteiger partial charge in [-0.25, -0.2) is 0 Å². The zero-order valence-corrected chi connectivity index (χ0v) is 11.9. The molecule has 1 aromatic carbocycles. The van der Waals surface area contributed by atoms with Gasteiger partial charge in [0.1, 0.15) is 5.69 Å². The summed E-state index contributed by atoms with van der Waals surface area (Å²) in [6, 6.07) is 4.25. The molecule has 0 saturated carbocycles. The summed E-state index contributed by atoms with van der Waals surface area (Å²) in [5.74, 6) is -0.501. The summed E-state index contributed by atoms with van der Waals surface area (Å²) < 4.78 is 3.51. The highest BCUT2D eigenvalue weighted by Crippen LogP contribution is 2.26. The summed E-state index contributed by atoms with van der Waals surface area (Å²) in [5, 5.41) is 23.7. The van der Waals surface area contributed by atoms with E-state index in [1.54, 1.807) is 0 Å². The number of carbonyl (C=O) groups excluding carboxylic acids is 1. The van der Waals surface area contributed by atoms with Gasteiger partial charge in [0.05, 0.1) is 4.92 Å². The summed E-state index contributed by atoms with van der Waals surface area (Å²) in [7, 11) is 0. The van der Waals surface area contributed by atoms with Crippen LogP contribution >= 0.6 is 11.5 Å². The molecule has 1 amide bonds. The first-order valence-electron chi connectivity index (χ1n) is 6.10. The topological polar surface area (TPSA) is 123 Å². The lowest BCUT2D eigenvalue weighted by Gasteiger charge is -2.07. The van der Waals surface area contributed by atoms with E-state index >= 15 is 0 Å². The van der Waals surface area contributed by atoms with Crippen LogP contribution in [0, 0.1) is 10.1 Å². The van der Waals surface area contributed by atoms with E-state index in [0.717, 1.165) is 18.0 Å². The zero-order valence-electron chi connectivity index (χ0n) is 11.1. The van der Waals surface area contributed by atoms with Gasteiger partial charge in [0.15, 0.2) is 0 Å². The molecule has 0 aliphatic heterocycles. The van der Waals surface area contributed by atoms with Crippen LogP contribution < -0.4 is 10.6 Å². The van der Waals surface area contributed by atoms with Crippen LogP contribution in [0.1, 0.15) is 23.7 Å². The molecule has 0 aliphatic rings. The lowest BCUT2D eigenvalue weighted by molar-refractivity contribution is -0.384. The smallest absolute Gasteiger partial charge is 0.293 e. The van der Waals surface area contributed by atoms with Gasteiger partial charge in [-0.2, -0.15) is 0 Å². The molecule has 21 heavy (non-hydrogen) atoms. The lowest BCUT2D eigenvalue weighted by Crippen LogP contribution is -2.13. The fraction of sp³-hybridized carbons (Fsp3) is 0.273. The van der Waals surface area contributed by atoms with Crippen LogP contribution in [0.15, 0.2) is 18.2 Å². The number of anilines is 2. The van der Waals surface area contributed by atoms with Gasteiger partial charge in [0.2, 0.25) is 5.13 Å². The Balaban J connectivity index is 2.22. The van der Waals surface area contributed by atoms with Crippen molar-refractivity contribution in [2.24, 2.45) is 0 Å². The molecule has 1 aromatic heterocycles. The SMILES string of the molecule is CCCNc1ccc(C(=O)Nc2nnns2)cc1[N+](=O)[O-]. The van der Waals surface area contributed by atoms with E-state index in [4.69, 9.17) is 0 Å². The van der Waals surface area contributed by atoms with Crippen molar-refractivity contribution in [3.63, 3.8) is 0 Å². The lowest BCUT2D eigenvalue weighted by atomic mass is 10.1. The Kier molecular flexibility index (Phi) is 4.72. The molecule has 2 aromatic rings. The average Bonchev–Trinajstić information content (AvgIpc) is 2.97. The molecule has 110 valence electrons. The van der Waals surface area contributed by atoms with E-state index < -0.39 is 10.8 Å². The first-order chi connectivity index (χ1) is 10.1. The van der Waals surface area contributed by atoms with E-state index in [0.29, 0.717) is 12.2 Å². The van der Waals surface area contributed by atoms with Crippen molar-refractivity contribution in [2.75, 3.05) is 17.2 Å². The third kappa shape index (κ3) is 3.69. The molecule has 0 unspecified atom stereocenters. The number of nitrogens with zero attached hydrogens (tertiary/aromatic N) is 4. The monoisotopic (exact) mass is 308 g/mol. The number of hydrogen-bond acceptors (Lipinski definition) is 8. The molecule has 0 aliphatic carbocycles. The first-order valence-corrected chi connectivity index (χ1v) is 6.88. The molecule has 9 nitrogen and oxygen atoms in total. The van der Waals surface area contributed by atoms with E-state index in [1.165, 1.54) is 18.2 Å². The maximum Gasteiger partial charge on any atom is 0.293 e. The number of nitro groups is 1. The van der Waals surface area contributed by atoms with Gasteiger partial charge in [0, 0.05) is 29.7 Å². The zero-order chi connectivity index (χ0) is 15.2. The Bertz CT molecular complexity index is 645. The Morgan fingerprint density at radius 2 is 2.29 bits per heavy atom. The Morgan fingerprint density at radius 1 is 1.48 bits per heavy atom. The molecule has 2 rings (SSSR count). The molecular weight excluding hydrogens is 296 g/mol. The van der Waals surface area contributed by atoms with Gasteiger partial charge in [-0.1, -0.05) is 16.5 Å². The summed E-state index contributed by atoms with van der Waals surface area (Å²) >= 11 is 0.920. The number of nitro benzene ring substituents is 1. The largest absolute Gasteiger partial charge is 0.380 e. The molecule has 0 spiro atoms. The third-order valence-electron chi connectivity index (χ3n) is 2.54. The quantitative estimate of drug-likeness (QED) is 0.617. The molecule has 1 heterocycles. The Labute approximate surface area is 123 Å². The summed E-state index contributed by atoms with van der Waals surface area (Å²) in [5.41, 5.74) is 0.404. The Hall–Kier alpha value is -2.62. The van der Waals surface area contributed by atoms with E-state index in [9.17, 15) is 14.9 Å². The van der Waals surface area contributed by atoms with Gasteiger partial charge in [0.25, 0.3) is 11.6 Å². The van der Waals surface area contributed by atoms with Crippen molar-refractivity contribution >= 4 is 33.9 Å². The van der Waals surface area contributed by atoms with Crippen LogP contribution in [0.5, 0.6) is 0 Å². The molecule has 0 radical (unpaired) electrons. The minimum atomic E-state index is -0.527. The van der Waals surface area contributed by atoms with Crippen molar-refractivity contribution in [3.8, 4) is 0 Å². The van der Waals surface area contributed by atoms with Crippen LogP contribution in [0.2, 0.25) is 0 Å². The van der Waals surface area contributed by atoms with Crippen molar-refractivity contribution in [1.82, 2.24) is 14.8 Å². The van der Waals surface area contributed by atoms with Crippen molar-refractivity contribution in [3.05, 3.63) is 33.9 Å². The van der Waals surface area contributed by atoms with Crippen LogP contribution in [-0.2, 0) is 0 Å². The third-order valence-corrected chi connectivity index (χ3v) is 3.05. The van der Waals surface area contributed by atoms with Crippen LogP contribution in [-0.4, -0.2) is 32.2 Å². The second kappa shape index (κ2) is 6.70. The second-order valence-corrected chi connectivity index (χ2v) is 4.77. The van der Waals surface area contributed by atoms with E-state index in [1.807, 2.05) is 6.92 Å². The molecular formula is C11H12N6O3S. The van der Waals surface area contributed by atoms with Crippen LogP contribution in [0.4, 0.5) is 16.5 Å². The van der Waals surface area contributed by atoms with Crippen LogP contribution in [0.25, 0.3) is 0 Å². The molecule has 0 saturated heterocycles. The van der Waals surface area contributed by atoms with Crippen molar-refractivity contribution in [2.45, 2.75) is 13.3 Å². The fourth-order valence-electron chi connectivity index (χ4n) is 1.58. The van der Waals surface area contributed by atoms with Gasteiger partial charge < -0.3 is 5.32 Å². The highest BCUT2D eigenvalue weighted by molar-refractivity contribution is 7.09. The summed E-state index contributed by atoms with van der Waals surface area (Å²) in [4.78, 5) is 22.5. The van der Waals surface area contributed by atoms with Gasteiger partial charge in [-0.15, -0.1) is 0 Å². The minimum absolute atomic E-state index is 0.147. The van der Waals surface area contributed by atoms with Gasteiger partial charge in [-0.3, -0.25) is 20.2 Å². The number of aromatic nitrogens is 3. The Morgan fingerprint density at radius 3 is 2.90 bits per heavy atom. The fourth-order valence-corrected chi connectivity index (χ4v) is 1.95. The molecule has 10 heteroatoms. The van der Waals surface area contributed by atoms with Gasteiger partial charge in [-0.05, 0) is 23.8 Å². The number of amides is 1. The second-order valence-electron chi connectivity index (χ2n) is 4.04. The minimum Gasteiger partial charge on any atom is -0.380 e. The number of hydrogen-bond donors (Lipinski definition) is 2. The maximum atomic E-state index is 12.0. The molecule has 0 fully saturated rings. The standard InChI is InChI=1S/C11H12N6O3S/c1-2-5-12-8-4-3-7(6-9(8)17(19)20)10(18)13-11-14-15-16-21-11/h3-4,6,12H,2,5H2,1H3,(H,13,14,16,18). The number of benzene rings is 1. The summed E-state index contributed by atoms with van der Waals surface area (Å²) in [6.07, 6.45) is 0.837. The number of rotatable bonds is 6. The highest BCUT2D eigenvalue weighted by atomic mass is 32.1. The first kappa shape index (κ1) is 14.8. The number of carbonyl (C=O) groups is 1. The van der Waals surface area contributed by atoms with E-state index in [2.05, 4.69) is 25.4 Å². The number of nitrogens with one attached hydrogen (secondary N) is 2. The predicted octanol–water partition coefficient (Wildman–Crippen LogP) is 1.92. The van der Waals surface area contributed by atoms with Gasteiger partial charge >= 0.3 is 0 Å².